The van der Waals surface area contributed by atoms with Gasteiger partial charge < -0.3 is 14.7 Å². The number of amides is 1. The summed E-state index contributed by atoms with van der Waals surface area (Å²) in [5.41, 5.74) is 0.237. The van der Waals surface area contributed by atoms with Crippen molar-refractivity contribution in [2.24, 2.45) is 0 Å². The molecule has 7 nitrogen and oxygen atoms in total. The molecule has 0 radical (unpaired) electrons. The summed E-state index contributed by atoms with van der Waals surface area (Å²) in [7, 11) is 0. The lowest BCUT2D eigenvalue weighted by molar-refractivity contribution is -0.128. The quantitative estimate of drug-likeness (QED) is 0.828. The Hall–Kier alpha value is -2.62. The van der Waals surface area contributed by atoms with E-state index < -0.39 is 11.8 Å². The number of nitriles is 1. The average Bonchev–Trinajstić information content (AvgIpc) is 2.85. The molecule has 21 heavy (non-hydrogen) atoms. The minimum atomic E-state index is -0.622. The van der Waals surface area contributed by atoms with Crippen molar-refractivity contribution in [3.05, 3.63) is 22.9 Å². The average molecular weight is 289 g/mol. The van der Waals surface area contributed by atoms with Crippen LogP contribution in [0.2, 0.25) is 0 Å². The first kappa shape index (κ1) is 14.8. The zero-order valence-electron chi connectivity index (χ0n) is 11.6. The van der Waals surface area contributed by atoms with Gasteiger partial charge in [-0.2, -0.15) is 5.26 Å². The van der Waals surface area contributed by atoms with E-state index in [4.69, 9.17) is 10.00 Å². The zero-order valence-corrected chi connectivity index (χ0v) is 11.6. The standard InChI is InChI=1S/C14H15N3O4/c1-2-21-14(20)10-6-9(7-15)13(19)16-11(10)8-17-5-3-4-12(17)18/h6H,2-5,8H2,1H3,(H,16,19). The summed E-state index contributed by atoms with van der Waals surface area (Å²) >= 11 is 0. The molecule has 0 bridgehead atoms. The number of nitrogens with zero attached hydrogens (tertiary/aromatic N) is 3. The lowest BCUT2D eigenvalue weighted by Crippen LogP contribution is -2.26. The summed E-state index contributed by atoms with van der Waals surface area (Å²) in [6, 6.07) is 3.01. The van der Waals surface area contributed by atoms with Crippen LogP contribution in [0.15, 0.2) is 6.07 Å². The second kappa shape index (κ2) is 6.22. The number of esters is 1. The Bertz CT molecular complexity index is 621. The molecule has 110 valence electrons. The smallest absolute Gasteiger partial charge is 0.340 e. The Morgan fingerprint density at radius 3 is 2.95 bits per heavy atom. The maximum absolute atomic E-state index is 11.9. The fourth-order valence-corrected chi connectivity index (χ4v) is 2.18. The molecule has 1 saturated heterocycles. The third-order valence-corrected chi connectivity index (χ3v) is 3.21. The van der Waals surface area contributed by atoms with Crippen molar-refractivity contribution in [2.45, 2.75) is 26.3 Å². The SMILES string of the molecule is CCOC(=O)c1cc(C#N)c(O)nc1CN1CCCC1=O. The van der Waals surface area contributed by atoms with Gasteiger partial charge in [0.25, 0.3) is 0 Å². The van der Waals surface area contributed by atoms with Crippen molar-refractivity contribution in [3.63, 3.8) is 0 Å². The summed E-state index contributed by atoms with van der Waals surface area (Å²) in [6.07, 6.45) is 1.23. The zero-order chi connectivity index (χ0) is 15.4. The van der Waals surface area contributed by atoms with E-state index in [9.17, 15) is 14.7 Å². The van der Waals surface area contributed by atoms with Crippen LogP contribution in [-0.4, -0.2) is 40.0 Å². The summed E-state index contributed by atoms with van der Waals surface area (Å²) in [5.74, 6) is -1.09. The molecule has 1 fully saturated rings. The molecule has 0 unspecified atom stereocenters. The van der Waals surface area contributed by atoms with Gasteiger partial charge in [0.2, 0.25) is 11.8 Å². The second-order valence-electron chi connectivity index (χ2n) is 4.60. The van der Waals surface area contributed by atoms with Gasteiger partial charge in [-0.25, -0.2) is 9.78 Å². The van der Waals surface area contributed by atoms with Crippen LogP contribution in [0.3, 0.4) is 0 Å². The van der Waals surface area contributed by atoms with Gasteiger partial charge in [-0.3, -0.25) is 4.79 Å². The van der Waals surface area contributed by atoms with Crippen molar-refractivity contribution in [3.8, 4) is 11.9 Å². The number of aromatic hydroxyl groups is 1. The molecule has 1 aromatic rings. The number of ether oxygens (including phenoxy) is 1. The van der Waals surface area contributed by atoms with Gasteiger partial charge in [0.15, 0.2) is 0 Å². The highest BCUT2D eigenvalue weighted by atomic mass is 16.5. The van der Waals surface area contributed by atoms with Crippen LogP contribution in [0.4, 0.5) is 0 Å². The monoisotopic (exact) mass is 289 g/mol. The molecular formula is C14H15N3O4. The fourth-order valence-electron chi connectivity index (χ4n) is 2.18. The van der Waals surface area contributed by atoms with Crippen LogP contribution in [0, 0.1) is 11.3 Å². The normalized spacial score (nSPS) is 14.1. The minimum absolute atomic E-state index is 0.0181. The molecule has 0 aromatic carbocycles. The van der Waals surface area contributed by atoms with E-state index in [2.05, 4.69) is 4.98 Å². The molecule has 0 aliphatic carbocycles. The Balaban J connectivity index is 2.37. The van der Waals surface area contributed by atoms with Crippen molar-refractivity contribution in [2.75, 3.05) is 13.2 Å². The first-order chi connectivity index (χ1) is 10.1. The van der Waals surface area contributed by atoms with Crippen LogP contribution in [0.1, 0.15) is 41.4 Å². The van der Waals surface area contributed by atoms with E-state index in [-0.39, 0.29) is 35.9 Å². The van der Waals surface area contributed by atoms with Gasteiger partial charge in [0.1, 0.15) is 11.6 Å². The number of carbonyl (C=O) groups excluding carboxylic acids is 2. The minimum Gasteiger partial charge on any atom is -0.492 e. The Morgan fingerprint density at radius 2 is 2.38 bits per heavy atom. The lowest BCUT2D eigenvalue weighted by Gasteiger charge is -2.17. The second-order valence-corrected chi connectivity index (χ2v) is 4.60. The van der Waals surface area contributed by atoms with Crippen molar-refractivity contribution >= 4 is 11.9 Å². The summed E-state index contributed by atoms with van der Waals surface area (Å²) in [4.78, 5) is 29.1. The molecule has 0 saturated carbocycles. The van der Waals surface area contributed by atoms with Crippen LogP contribution < -0.4 is 0 Å². The van der Waals surface area contributed by atoms with E-state index in [0.717, 1.165) is 6.42 Å². The highest BCUT2D eigenvalue weighted by Gasteiger charge is 2.25. The van der Waals surface area contributed by atoms with Gasteiger partial charge in [-0.15, -0.1) is 0 Å². The predicted molar refractivity (Wildman–Crippen MR) is 71.2 cm³/mol. The third kappa shape index (κ3) is 3.11. The van der Waals surface area contributed by atoms with Crippen molar-refractivity contribution in [1.82, 2.24) is 9.88 Å². The summed E-state index contributed by atoms with van der Waals surface area (Å²) in [6.45, 7) is 2.56. The van der Waals surface area contributed by atoms with Gasteiger partial charge in [0, 0.05) is 13.0 Å². The van der Waals surface area contributed by atoms with E-state index in [0.29, 0.717) is 13.0 Å². The molecule has 2 heterocycles. The number of carbonyl (C=O) groups is 2. The number of likely N-dealkylation sites (tertiary alicyclic amines) is 1. The van der Waals surface area contributed by atoms with Crippen LogP contribution in [0.25, 0.3) is 0 Å². The number of pyridine rings is 1. The first-order valence-electron chi connectivity index (χ1n) is 6.64. The van der Waals surface area contributed by atoms with Crippen LogP contribution in [-0.2, 0) is 16.1 Å². The predicted octanol–water partition coefficient (Wildman–Crippen LogP) is 0.958. The van der Waals surface area contributed by atoms with Crippen molar-refractivity contribution in [1.29, 1.82) is 5.26 Å². The molecule has 1 amide bonds. The van der Waals surface area contributed by atoms with E-state index in [1.54, 1.807) is 17.9 Å². The van der Waals surface area contributed by atoms with Crippen molar-refractivity contribution < 1.29 is 19.4 Å². The molecule has 0 atom stereocenters. The van der Waals surface area contributed by atoms with Crippen LogP contribution >= 0.6 is 0 Å². The highest BCUT2D eigenvalue weighted by Crippen LogP contribution is 2.22. The van der Waals surface area contributed by atoms with Gasteiger partial charge in [-0.1, -0.05) is 0 Å². The number of rotatable bonds is 4. The Kier molecular flexibility index (Phi) is 4.38. The third-order valence-electron chi connectivity index (χ3n) is 3.21. The van der Waals surface area contributed by atoms with Gasteiger partial charge >= 0.3 is 5.97 Å². The summed E-state index contributed by atoms with van der Waals surface area (Å²) < 4.78 is 4.93. The van der Waals surface area contributed by atoms with Gasteiger partial charge in [-0.05, 0) is 19.4 Å². The summed E-state index contributed by atoms with van der Waals surface area (Å²) in [5, 5.41) is 18.6. The number of hydrogen-bond acceptors (Lipinski definition) is 6. The van der Waals surface area contributed by atoms with Gasteiger partial charge in [0.05, 0.1) is 24.4 Å². The van der Waals surface area contributed by atoms with E-state index >= 15 is 0 Å². The topological polar surface area (TPSA) is 104 Å². The molecule has 1 aromatic heterocycles. The Morgan fingerprint density at radius 1 is 1.62 bits per heavy atom. The first-order valence-corrected chi connectivity index (χ1v) is 6.64. The molecule has 1 N–H and O–H groups in total. The molecular weight excluding hydrogens is 274 g/mol. The molecule has 1 aliphatic heterocycles. The highest BCUT2D eigenvalue weighted by molar-refractivity contribution is 5.91. The fraction of sp³-hybridized carbons (Fsp3) is 0.429. The molecule has 7 heteroatoms. The lowest BCUT2D eigenvalue weighted by atomic mass is 10.1. The van der Waals surface area contributed by atoms with Crippen LogP contribution in [0.5, 0.6) is 5.88 Å². The Labute approximate surface area is 121 Å². The molecule has 2 rings (SSSR count). The number of hydrogen-bond donors (Lipinski definition) is 1. The van der Waals surface area contributed by atoms with E-state index in [1.807, 2.05) is 0 Å². The maximum Gasteiger partial charge on any atom is 0.340 e. The van der Waals surface area contributed by atoms with E-state index in [1.165, 1.54) is 6.07 Å². The maximum atomic E-state index is 11.9. The molecule has 1 aliphatic rings. The number of aromatic nitrogens is 1. The molecule has 0 spiro atoms. The largest absolute Gasteiger partial charge is 0.492 e.